The molecule has 2 unspecified atom stereocenters. The van der Waals surface area contributed by atoms with Crippen LogP contribution in [0, 0.1) is 0 Å². The Kier molecular flexibility index (Phi) is 2.40. The van der Waals surface area contributed by atoms with Crippen LogP contribution in [-0.4, -0.2) is 18.7 Å². The molecular weight excluding hydrogens is 240 g/mol. The first-order valence-electron chi connectivity index (χ1n) is 6.76. The summed E-state index contributed by atoms with van der Waals surface area (Å²) < 4.78 is 10.8. The maximum Gasteiger partial charge on any atom is 0.341 e. The van der Waals surface area contributed by atoms with Gasteiger partial charge in [-0.05, 0) is 36.3 Å². The Hall–Kier alpha value is -1.35. The van der Waals surface area contributed by atoms with Crippen LogP contribution < -0.4 is 0 Å². The van der Waals surface area contributed by atoms with Crippen LogP contribution in [0.1, 0.15) is 44.7 Å². The summed E-state index contributed by atoms with van der Waals surface area (Å²) in [5.74, 6) is -0.276. The summed E-state index contributed by atoms with van der Waals surface area (Å²) in [5.41, 5.74) is 1.26. The fourth-order valence-electron chi connectivity index (χ4n) is 3.51. The van der Waals surface area contributed by atoms with Crippen molar-refractivity contribution < 1.29 is 14.3 Å². The Labute approximate surface area is 113 Å². The monoisotopic (exact) mass is 260 g/mol. The molecule has 1 spiro atoms. The van der Waals surface area contributed by atoms with Gasteiger partial charge in [-0.1, -0.05) is 38.1 Å². The first kappa shape index (κ1) is 12.7. The van der Waals surface area contributed by atoms with Gasteiger partial charge in [-0.2, -0.15) is 0 Å². The number of carbonyl (C=O) groups excluding carboxylic acids is 1. The highest BCUT2D eigenvalue weighted by molar-refractivity contribution is 5.85. The van der Waals surface area contributed by atoms with Crippen molar-refractivity contribution in [2.45, 2.75) is 50.2 Å². The third-order valence-electron chi connectivity index (χ3n) is 4.88. The number of hydrogen-bond acceptors (Lipinski definition) is 3. The summed E-state index contributed by atoms with van der Waals surface area (Å²) in [6.45, 7) is 6.33. The van der Waals surface area contributed by atoms with Crippen molar-refractivity contribution in [2.75, 3.05) is 7.11 Å². The Morgan fingerprint density at radius 1 is 1.16 bits per heavy atom. The lowest BCUT2D eigenvalue weighted by Crippen LogP contribution is -2.37. The molecule has 3 heteroatoms. The summed E-state index contributed by atoms with van der Waals surface area (Å²) in [7, 11) is 1.42. The lowest BCUT2D eigenvalue weighted by Gasteiger charge is -2.36. The largest absolute Gasteiger partial charge is 0.467 e. The van der Waals surface area contributed by atoms with Crippen LogP contribution in [0.25, 0.3) is 0 Å². The van der Waals surface area contributed by atoms with Crippen LogP contribution in [0.15, 0.2) is 24.3 Å². The number of epoxide rings is 1. The van der Waals surface area contributed by atoms with Gasteiger partial charge in [0.2, 0.25) is 0 Å². The van der Waals surface area contributed by atoms with Crippen molar-refractivity contribution in [3.05, 3.63) is 35.4 Å². The Balaban J connectivity index is 2.11. The zero-order valence-corrected chi connectivity index (χ0v) is 11.9. The highest BCUT2D eigenvalue weighted by atomic mass is 16.7. The highest BCUT2D eigenvalue weighted by Crippen LogP contribution is 2.64. The number of rotatable bonds is 1. The van der Waals surface area contributed by atoms with Gasteiger partial charge in [-0.3, -0.25) is 0 Å². The molecule has 0 saturated carbocycles. The van der Waals surface area contributed by atoms with Gasteiger partial charge in [0, 0.05) is 0 Å². The van der Waals surface area contributed by atoms with Gasteiger partial charge >= 0.3 is 5.97 Å². The van der Waals surface area contributed by atoms with Gasteiger partial charge in [-0.25, -0.2) is 4.79 Å². The van der Waals surface area contributed by atoms with Crippen LogP contribution in [0.5, 0.6) is 0 Å². The van der Waals surface area contributed by atoms with Crippen molar-refractivity contribution in [1.82, 2.24) is 0 Å². The van der Waals surface area contributed by atoms with E-state index in [-0.39, 0.29) is 11.4 Å². The summed E-state index contributed by atoms with van der Waals surface area (Å²) in [6, 6.07) is 8.30. The Bertz CT molecular complexity index is 549. The molecule has 3 rings (SSSR count). The van der Waals surface area contributed by atoms with E-state index in [0.717, 1.165) is 18.4 Å². The predicted molar refractivity (Wildman–Crippen MR) is 71.9 cm³/mol. The van der Waals surface area contributed by atoms with Gasteiger partial charge in [0.1, 0.15) is 5.60 Å². The molecule has 1 heterocycles. The van der Waals surface area contributed by atoms with E-state index < -0.39 is 11.2 Å². The van der Waals surface area contributed by atoms with Crippen molar-refractivity contribution in [2.24, 2.45) is 0 Å². The minimum Gasteiger partial charge on any atom is -0.467 e. The number of fused-ring (bicyclic) bond motifs is 2. The molecule has 2 aliphatic rings. The first-order valence-corrected chi connectivity index (χ1v) is 6.76. The average molecular weight is 260 g/mol. The molecule has 2 atom stereocenters. The Morgan fingerprint density at radius 2 is 1.79 bits per heavy atom. The molecule has 0 N–H and O–H groups in total. The van der Waals surface area contributed by atoms with Gasteiger partial charge in [0.05, 0.1) is 7.11 Å². The van der Waals surface area contributed by atoms with Crippen molar-refractivity contribution in [3.63, 3.8) is 0 Å². The maximum atomic E-state index is 12.0. The van der Waals surface area contributed by atoms with Crippen LogP contribution in [0.3, 0.4) is 0 Å². The third-order valence-corrected chi connectivity index (χ3v) is 4.88. The lowest BCUT2D eigenvalue weighted by molar-refractivity contribution is -0.146. The van der Waals surface area contributed by atoms with Gasteiger partial charge in [-0.15, -0.1) is 0 Å². The van der Waals surface area contributed by atoms with Crippen LogP contribution in [0.4, 0.5) is 0 Å². The second kappa shape index (κ2) is 3.60. The molecule has 1 fully saturated rings. The first-order chi connectivity index (χ1) is 8.87. The van der Waals surface area contributed by atoms with Crippen molar-refractivity contribution in [3.8, 4) is 0 Å². The fourth-order valence-corrected chi connectivity index (χ4v) is 3.51. The quantitative estimate of drug-likeness (QED) is 0.575. The lowest BCUT2D eigenvalue weighted by atomic mass is 9.66. The Morgan fingerprint density at radius 3 is 2.42 bits per heavy atom. The SMILES string of the molecule is COC(=O)C1(C)OC12CCC(C)(C)c1ccccc12. The minimum absolute atomic E-state index is 0.130. The van der Waals surface area contributed by atoms with E-state index >= 15 is 0 Å². The number of methoxy groups -OCH3 is 1. The van der Waals surface area contributed by atoms with Crippen LogP contribution in [0.2, 0.25) is 0 Å². The summed E-state index contributed by atoms with van der Waals surface area (Å²) >= 11 is 0. The minimum atomic E-state index is -0.825. The van der Waals surface area contributed by atoms with Crippen LogP contribution in [-0.2, 0) is 25.3 Å². The van der Waals surface area contributed by atoms with E-state index in [4.69, 9.17) is 9.47 Å². The van der Waals surface area contributed by atoms with Gasteiger partial charge < -0.3 is 9.47 Å². The molecule has 1 saturated heterocycles. The third kappa shape index (κ3) is 1.45. The standard InChI is InChI=1S/C16H20O3/c1-14(2)9-10-16(12-8-6-5-7-11(12)14)15(3,19-16)13(17)18-4/h5-8H,9-10H2,1-4H3. The van der Waals surface area contributed by atoms with Gasteiger partial charge in [0.15, 0.2) is 5.60 Å². The zero-order chi connectivity index (χ0) is 13.9. The fraction of sp³-hybridized carbons (Fsp3) is 0.562. The molecule has 0 bridgehead atoms. The van der Waals surface area contributed by atoms with Crippen molar-refractivity contribution >= 4 is 5.97 Å². The molecule has 1 aliphatic carbocycles. The normalized spacial score (nSPS) is 34.7. The average Bonchev–Trinajstić information content (AvgIpc) is 3.02. The maximum absolute atomic E-state index is 12.0. The number of ether oxygens (including phenoxy) is 2. The zero-order valence-electron chi connectivity index (χ0n) is 11.9. The molecule has 0 radical (unpaired) electrons. The van der Waals surface area contributed by atoms with Crippen molar-refractivity contribution in [1.29, 1.82) is 0 Å². The summed E-state index contributed by atoms with van der Waals surface area (Å²) in [4.78, 5) is 12.0. The van der Waals surface area contributed by atoms with E-state index in [0.29, 0.717) is 0 Å². The molecule has 0 aromatic heterocycles. The highest BCUT2D eigenvalue weighted by Gasteiger charge is 2.74. The molecular formula is C16H20O3. The van der Waals surface area contributed by atoms with E-state index in [9.17, 15) is 4.79 Å². The molecule has 102 valence electrons. The molecule has 1 aromatic carbocycles. The smallest absolute Gasteiger partial charge is 0.341 e. The van der Waals surface area contributed by atoms with Crippen LogP contribution >= 0.6 is 0 Å². The molecule has 3 nitrogen and oxygen atoms in total. The summed E-state index contributed by atoms with van der Waals surface area (Å²) in [6.07, 6.45) is 1.87. The summed E-state index contributed by atoms with van der Waals surface area (Å²) in [5, 5.41) is 0. The van der Waals surface area contributed by atoms with E-state index in [1.165, 1.54) is 12.7 Å². The predicted octanol–water partition coefficient (Wildman–Crippen LogP) is 2.92. The molecule has 1 aromatic rings. The number of benzene rings is 1. The number of carbonyl (C=O) groups is 1. The van der Waals surface area contributed by atoms with E-state index in [1.54, 1.807) is 0 Å². The number of hydrogen-bond donors (Lipinski definition) is 0. The molecule has 1 aliphatic heterocycles. The van der Waals surface area contributed by atoms with E-state index in [2.05, 4.69) is 32.0 Å². The second-order valence-electron chi connectivity index (χ2n) is 6.38. The molecule has 0 amide bonds. The second-order valence-corrected chi connectivity index (χ2v) is 6.38. The number of esters is 1. The molecule has 19 heavy (non-hydrogen) atoms. The van der Waals surface area contributed by atoms with Gasteiger partial charge in [0.25, 0.3) is 0 Å². The topological polar surface area (TPSA) is 38.8 Å². The van der Waals surface area contributed by atoms with E-state index in [1.807, 2.05) is 13.0 Å².